The molecule has 0 saturated carbocycles. The Morgan fingerprint density at radius 3 is 2.91 bits per heavy atom. The molecule has 0 bridgehead atoms. The van der Waals surface area contributed by atoms with Gasteiger partial charge in [0.15, 0.2) is 0 Å². The molecule has 120 valence electrons. The Hall–Kier alpha value is -1.73. The van der Waals surface area contributed by atoms with Crippen molar-refractivity contribution in [2.75, 3.05) is 26.2 Å². The van der Waals surface area contributed by atoms with Crippen LogP contribution < -0.4 is 10.1 Å². The molecule has 7 nitrogen and oxygen atoms in total. The van der Waals surface area contributed by atoms with Crippen molar-refractivity contribution in [1.82, 2.24) is 15.2 Å². The summed E-state index contributed by atoms with van der Waals surface area (Å²) >= 11 is 11.6. The first-order valence-corrected chi connectivity index (χ1v) is 7.42. The predicted octanol–water partition coefficient (Wildman–Crippen LogP) is 1.88. The van der Waals surface area contributed by atoms with Gasteiger partial charge in [0.2, 0.25) is 5.88 Å². The molecule has 1 fully saturated rings. The first kappa shape index (κ1) is 16.6. The number of aliphatic carboxylic acids is 1. The van der Waals surface area contributed by atoms with Gasteiger partial charge in [-0.15, -0.1) is 0 Å². The molecular weight excluding hydrogens is 333 g/mol. The third-order valence-corrected chi connectivity index (χ3v) is 3.69. The van der Waals surface area contributed by atoms with E-state index in [1.54, 1.807) is 0 Å². The number of amides is 2. The van der Waals surface area contributed by atoms with Crippen LogP contribution in [0.15, 0.2) is 12.3 Å². The van der Waals surface area contributed by atoms with Gasteiger partial charge in [0, 0.05) is 19.3 Å². The van der Waals surface area contributed by atoms with Gasteiger partial charge in [-0.05, 0) is 12.5 Å². The number of hydrogen-bond donors (Lipinski definition) is 2. The quantitative estimate of drug-likeness (QED) is 0.793. The lowest BCUT2D eigenvalue weighted by molar-refractivity contribution is -0.141. The number of carboxylic acids is 1. The first-order chi connectivity index (χ1) is 10.5. The average molecular weight is 348 g/mol. The van der Waals surface area contributed by atoms with E-state index in [4.69, 9.17) is 33.0 Å². The molecule has 0 radical (unpaired) electrons. The zero-order valence-electron chi connectivity index (χ0n) is 11.6. The van der Waals surface area contributed by atoms with E-state index in [0.29, 0.717) is 23.0 Å². The lowest BCUT2D eigenvalue weighted by Crippen LogP contribution is -2.40. The highest BCUT2D eigenvalue weighted by Crippen LogP contribution is 2.24. The van der Waals surface area contributed by atoms with Crippen LogP contribution in [-0.2, 0) is 4.79 Å². The molecule has 2 heterocycles. The molecule has 1 aliphatic heterocycles. The molecule has 0 aliphatic carbocycles. The zero-order chi connectivity index (χ0) is 16.1. The molecule has 1 unspecified atom stereocenters. The van der Waals surface area contributed by atoms with Gasteiger partial charge in [0.25, 0.3) is 0 Å². The number of urea groups is 1. The van der Waals surface area contributed by atoms with Gasteiger partial charge in [-0.1, -0.05) is 23.2 Å². The van der Waals surface area contributed by atoms with Crippen LogP contribution in [-0.4, -0.2) is 53.2 Å². The number of carbonyl (C=O) groups is 2. The molecule has 1 aliphatic rings. The number of ether oxygens (including phenoxy) is 1. The largest absolute Gasteiger partial charge is 0.481 e. The molecule has 9 heteroatoms. The molecule has 1 aromatic heterocycles. The smallest absolute Gasteiger partial charge is 0.317 e. The summed E-state index contributed by atoms with van der Waals surface area (Å²) in [7, 11) is 0. The summed E-state index contributed by atoms with van der Waals surface area (Å²) in [6.07, 6.45) is 1.89. The summed E-state index contributed by atoms with van der Waals surface area (Å²) in [4.78, 5) is 28.1. The molecule has 1 saturated heterocycles. The van der Waals surface area contributed by atoms with E-state index in [1.165, 1.54) is 17.2 Å². The van der Waals surface area contributed by atoms with Crippen LogP contribution in [0.4, 0.5) is 4.79 Å². The Morgan fingerprint density at radius 1 is 1.50 bits per heavy atom. The molecule has 2 N–H and O–H groups in total. The van der Waals surface area contributed by atoms with Crippen molar-refractivity contribution in [1.29, 1.82) is 0 Å². The maximum atomic E-state index is 11.8. The number of rotatable bonds is 5. The van der Waals surface area contributed by atoms with Crippen molar-refractivity contribution in [2.24, 2.45) is 5.92 Å². The van der Waals surface area contributed by atoms with Gasteiger partial charge >= 0.3 is 12.0 Å². The Bertz CT molecular complexity index is 570. The van der Waals surface area contributed by atoms with Gasteiger partial charge in [-0.3, -0.25) is 4.79 Å². The van der Waals surface area contributed by atoms with Crippen molar-refractivity contribution in [3.8, 4) is 5.88 Å². The summed E-state index contributed by atoms with van der Waals surface area (Å²) in [5.74, 6) is -1.12. The van der Waals surface area contributed by atoms with Crippen molar-refractivity contribution in [3.05, 3.63) is 22.3 Å². The van der Waals surface area contributed by atoms with E-state index in [9.17, 15) is 9.59 Å². The number of carboxylic acid groups (broad SMARTS) is 1. The second-order valence-electron chi connectivity index (χ2n) is 4.79. The Morgan fingerprint density at radius 2 is 2.27 bits per heavy atom. The molecule has 1 atom stereocenters. The third kappa shape index (κ3) is 4.38. The zero-order valence-corrected chi connectivity index (χ0v) is 13.1. The molecular formula is C13H15Cl2N3O4. The molecule has 2 amide bonds. The van der Waals surface area contributed by atoms with Crippen molar-refractivity contribution < 1.29 is 19.4 Å². The van der Waals surface area contributed by atoms with Gasteiger partial charge in [0.1, 0.15) is 11.6 Å². The minimum absolute atomic E-state index is 0.191. The highest BCUT2D eigenvalue weighted by atomic mass is 35.5. The number of pyridine rings is 1. The van der Waals surface area contributed by atoms with Crippen molar-refractivity contribution >= 4 is 35.2 Å². The van der Waals surface area contributed by atoms with E-state index in [0.717, 1.165) is 0 Å². The molecule has 22 heavy (non-hydrogen) atoms. The normalized spacial score (nSPS) is 17.4. The van der Waals surface area contributed by atoms with Crippen molar-refractivity contribution in [3.63, 3.8) is 0 Å². The van der Waals surface area contributed by atoms with E-state index < -0.39 is 11.9 Å². The Balaban J connectivity index is 1.70. The predicted molar refractivity (Wildman–Crippen MR) is 80.5 cm³/mol. The lowest BCUT2D eigenvalue weighted by atomic mass is 10.1. The van der Waals surface area contributed by atoms with Crippen LogP contribution in [0.2, 0.25) is 10.0 Å². The lowest BCUT2D eigenvalue weighted by Gasteiger charge is -2.16. The minimum Gasteiger partial charge on any atom is -0.481 e. The first-order valence-electron chi connectivity index (χ1n) is 6.67. The molecule has 0 aromatic carbocycles. The number of carbonyl (C=O) groups excluding carboxylic acids is 1. The SMILES string of the molecule is O=C(O)C1CCN(C(=O)NCCOc2ncc(Cl)cc2Cl)C1. The van der Waals surface area contributed by atoms with Crippen LogP contribution in [0.5, 0.6) is 5.88 Å². The second-order valence-corrected chi connectivity index (χ2v) is 5.63. The molecule has 2 rings (SSSR count). The van der Waals surface area contributed by atoms with Gasteiger partial charge in [0.05, 0.1) is 17.5 Å². The molecule has 1 aromatic rings. The number of likely N-dealkylation sites (tertiary alicyclic amines) is 1. The number of nitrogens with zero attached hydrogens (tertiary/aromatic N) is 2. The van der Waals surface area contributed by atoms with Crippen molar-refractivity contribution in [2.45, 2.75) is 6.42 Å². The highest BCUT2D eigenvalue weighted by Gasteiger charge is 2.30. The maximum Gasteiger partial charge on any atom is 0.317 e. The van der Waals surface area contributed by atoms with Crippen LogP contribution in [0.25, 0.3) is 0 Å². The monoisotopic (exact) mass is 347 g/mol. The fourth-order valence-electron chi connectivity index (χ4n) is 2.07. The summed E-state index contributed by atoms with van der Waals surface area (Å²) in [5.41, 5.74) is 0. The van der Waals surface area contributed by atoms with Crippen LogP contribution >= 0.6 is 23.2 Å². The summed E-state index contributed by atoms with van der Waals surface area (Å²) < 4.78 is 5.34. The van der Waals surface area contributed by atoms with E-state index in [1.807, 2.05) is 0 Å². The van der Waals surface area contributed by atoms with Gasteiger partial charge in [-0.2, -0.15) is 0 Å². The minimum atomic E-state index is -0.873. The summed E-state index contributed by atoms with van der Waals surface area (Å²) in [6.45, 7) is 1.12. The topological polar surface area (TPSA) is 91.8 Å². The summed E-state index contributed by atoms with van der Waals surface area (Å²) in [6, 6.07) is 1.21. The standard InChI is InChI=1S/C13H15Cl2N3O4/c14-9-5-10(15)11(17-6-9)22-4-2-16-13(21)18-3-1-8(7-18)12(19)20/h5-6,8H,1-4,7H2,(H,16,21)(H,19,20). The average Bonchev–Trinajstić information content (AvgIpc) is 2.95. The van der Waals surface area contributed by atoms with Gasteiger partial charge in [-0.25, -0.2) is 9.78 Å². The fraction of sp³-hybridized carbons (Fsp3) is 0.462. The number of hydrogen-bond acceptors (Lipinski definition) is 4. The van der Waals surface area contributed by atoms with Crippen LogP contribution in [0.3, 0.4) is 0 Å². The highest BCUT2D eigenvalue weighted by molar-refractivity contribution is 6.35. The Labute approximate surface area is 137 Å². The second kappa shape index (κ2) is 7.51. The maximum absolute atomic E-state index is 11.8. The van der Waals surface area contributed by atoms with E-state index in [2.05, 4.69) is 10.3 Å². The van der Waals surface area contributed by atoms with Crippen LogP contribution in [0.1, 0.15) is 6.42 Å². The number of halogens is 2. The van der Waals surface area contributed by atoms with Gasteiger partial charge < -0.3 is 20.1 Å². The third-order valence-electron chi connectivity index (χ3n) is 3.22. The molecule has 0 spiro atoms. The number of nitrogens with one attached hydrogen (secondary N) is 1. The Kier molecular flexibility index (Phi) is 5.68. The van der Waals surface area contributed by atoms with E-state index >= 15 is 0 Å². The fourth-order valence-corrected chi connectivity index (χ4v) is 2.51. The number of aromatic nitrogens is 1. The van der Waals surface area contributed by atoms with E-state index in [-0.39, 0.29) is 31.6 Å². The van der Waals surface area contributed by atoms with Crippen LogP contribution in [0, 0.1) is 5.92 Å². The summed E-state index contributed by atoms with van der Waals surface area (Å²) in [5, 5.41) is 12.3.